The quantitative estimate of drug-likeness (QED) is 0.631. The van der Waals surface area contributed by atoms with Gasteiger partial charge in [-0.15, -0.1) is 0 Å². The summed E-state index contributed by atoms with van der Waals surface area (Å²) in [5.41, 5.74) is -4.78. The molecule has 0 spiro atoms. The van der Waals surface area contributed by atoms with Gasteiger partial charge in [-0.2, -0.15) is 18.4 Å². The van der Waals surface area contributed by atoms with Crippen LogP contribution >= 0.6 is 0 Å². The number of nitrogens with zero attached hydrogens (tertiary/aromatic N) is 1. The van der Waals surface area contributed by atoms with E-state index in [1.54, 1.807) is 0 Å². The Hall–Kier alpha value is -2.17. The SMILES string of the molecule is CCOC(=O)c1ccc(C(F)(F)F)c(C#N)c1C(F)F. The van der Waals surface area contributed by atoms with Crippen molar-refractivity contribution in [3.63, 3.8) is 0 Å². The third-order valence-corrected chi connectivity index (χ3v) is 2.38. The van der Waals surface area contributed by atoms with Crippen LogP contribution in [0.3, 0.4) is 0 Å². The first-order chi connectivity index (χ1) is 9.23. The minimum absolute atomic E-state index is 0.135. The highest BCUT2D eigenvalue weighted by Gasteiger charge is 2.37. The van der Waals surface area contributed by atoms with Gasteiger partial charge in [0.05, 0.1) is 28.9 Å². The zero-order valence-electron chi connectivity index (χ0n) is 10.1. The molecule has 1 aromatic carbocycles. The van der Waals surface area contributed by atoms with E-state index < -0.39 is 40.8 Å². The Morgan fingerprint density at radius 3 is 2.40 bits per heavy atom. The monoisotopic (exact) mass is 293 g/mol. The second-order valence-corrected chi connectivity index (χ2v) is 3.58. The average Bonchev–Trinajstić information content (AvgIpc) is 2.35. The molecule has 8 heteroatoms. The maximum absolute atomic E-state index is 12.9. The van der Waals surface area contributed by atoms with Crippen LogP contribution in [0.25, 0.3) is 0 Å². The number of alkyl halides is 5. The van der Waals surface area contributed by atoms with Crippen molar-refractivity contribution in [1.29, 1.82) is 5.26 Å². The molecule has 1 rings (SSSR count). The van der Waals surface area contributed by atoms with E-state index in [1.807, 2.05) is 0 Å². The molecule has 0 bridgehead atoms. The first kappa shape index (κ1) is 15.9. The van der Waals surface area contributed by atoms with Crippen LogP contribution in [0, 0.1) is 11.3 Å². The molecule has 0 unspecified atom stereocenters. The summed E-state index contributed by atoms with van der Waals surface area (Å²) in [5.74, 6) is -1.20. The van der Waals surface area contributed by atoms with E-state index >= 15 is 0 Å². The zero-order chi connectivity index (χ0) is 15.5. The summed E-state index contributed by atoms with van der Waals surface area (Å²) in [7, 11) is 0. The summed E-state index contributed by atoms with van der Waals surface area (Å²) >= 11 is 0. The highest BCUT2D eigenvalue weighted by atomic mass is 19.4. The second-order valence-electron chi connectivity index (χ2n) is 3.58. The Kier molecular flexibility index (Phi) is 4.65. The normalized spacial score (nSPS) is 11.3. The van der Waals surface area contributed by atoms with Gasteiger partial charge < -0.3 is 4.74 Å². The van der Waals surface area contributed by atoms with Crippen molar-refractivity contribution >= 4 is 5.97 Å². The van der Waals surface area contributed by atoms with Gasteiger partial charge in [0.2, 0.25) is 0 Å². The lowest BCUT2D eigenvalue weighted by molar-refractivity contribution is -0.137. The van der Waals surface area contributed by atoms with Crippen molar-refractivity contribution < 1.29 is 31.5 Å². The first-order valence-electron chi connectivity index (χ1n) is 5.33. The summed E-state index contributed by atoms with van der Waals surface area (Å²) < 4.78 is 68.3. The molecular weight excluding hydrogens is 285 g/mol. The predicted octanol–water partition coefficient (Wildman–Crippen LogP) is 3.69. The number of ether oxygens (including phenoxy) is 1. The third kappa shape index (κ3) is 3.04. The van der Waals surface area contributed by atoms with Gasteiger partial charge in [0.15, 0.2) is 0 Å². The lowest BCUT2D eigenvalue weighted by atomic mass is 9.96. The molecule has 0 aliphatic carbocycles. The van der Waals surface area contributed by atoms with Crippen molar-refractivity contribution in [2.24, 2.45) is 0 Å². The number of hydrogen-bond acceptors (Lipinski definition) is 3. The van der Waals surface area contributed by atoms with Gasteiger partial charge in [-0.3, -0.25) is 0 Å². The molecule has 0 heterocycles. The minimum Gasteiger partial charge on any atom is -0.462 e. The minimum atomic E-state index is -4.97. The van der Waals surface area contributed by atoms with Gasteiger partial charge >= 0.3 is 12.1 Å². The number of carbonyl (C=O) groups is 1. The molecule has 0 aliphatic heterocycles. The van der Waals surface area contributed by atoms with Gasteiger partial charge in [-0.1, -0.05) is 0 Å². The fourth-order valence-electron chi connectivity index (χ4n) is 1.59. The van der Waals surface area contributed by atoms with E-state index in [4.69, 9.17) is 5.26 Å². The molecule has 0 amide bonds. The fourth-order valence-corrected chi connectivity index (χ4v) is 1.59. The number of carbonyl (C=O) groups excluding carboxylic acids is 1. The first-order valence-corrected chi connectivity index (χ1v) is 5.33. The average molecular weight is 293 g/mol. The van der Waals surface area contributed by atoms with Crippen molar-refractivity contribution in [3.8, 4) is 6.07 Å². The van der Waals surface area contributed by atoms with Gasteiger partial charge in [0, 0.05) is 0 Å². The van der Waals surface area contributed by atoms with Crippen molar-refractivity contribution in [2.75, 3.05) is 6.61 Å². The van der Waals surface area contributed by atoms with Crippen LogP contribution in [0.4, 0.5) is 22.0 Å². The van der Waals surface area contributed by atoms with E-state index in [2.05, 4.69) is 4.74 Å². The van der Waals surface area contributed by atoms with E-state index in [-0.39, 0.29) is 6.61 Å². The van der Waals surface area contributed by atoms with Crippen molar-refractivity contribution in [1.82, 2.24) is 0 Å². The van der Waals surface area contributed by atoms with E-state index in [0.29, 0.717) is 12.1 Å². The number of hydrogen-bond donors (Lipinski definition) is 0. The lowest BCUT2D eigenvalue weighted by Crippen LogP contribution is -2.15. The molecule has 0 N–H and O–H groups in total. The second kappa shape index (κ2) is 5.86. The van der Waals surface area contributed by atoms with Crippen LogP contribution in [0.1, 0.15) is 40.4 Å². The fraction of sp³-hybridized carbons (Fsp3) is 0.333. The van der Waals surface area contributed by atoms with E-state index in [0.717, 1.165) is 6.07 Å². The van der Waals surface area contributed by atoms with Gasteiger partial charge in [0.1, 0.15) is 6.07 Å². The number of rotatable bonds is 3. The Morgan fingerprint density at radius 2 is 2.00 bits per heavy atom. The number of nitriles is 1. The Balaban J connectivity index is 3.60. The maximum atomic E-state index is 12.9. The molecular formula is C12H8F5NO2. The van der Waals surface area contributed by atoms with Crippen LogP contribution in [-0.4, -0.2) is 12.6 Å². The summed E-state index contributed by atoms with van der Waals surface area (Å²) in [6.45, 7) is 1.28. The molecule has 20 heavy (non-hydrogen) atoms. The molecule has 3 nitrogen and oxygen atoms in total. The van der Waals surface area contributed by atoms with Gasteiger partial charge in [-0.05, 0) is 19.1 Å². The van der Waals surface area contributed by atoms with Crippen LogP contribution in [0.5, 0.6) is 0 Å². The lowest BCUT2D eigenvalue weighted by Gasteiger charge is -2.15. The molecule has 0 saturated heterocycles. The summed E-state index contributed by atoms with van der Waals surface area (Å²) in [5, 5.41) is 8.71. The summed E-state index contributed by atoms with van der Waals surface area (Å²) in [6, 6.07) is 2.08. The Bertz CT molecular complexity index is 560. The molecule has 0 aromatic heterocycles. The predicted molar refractivity (Wildman–Crippen MR) is 57.1 cm³/mol. The highest BCUT2D eigenvalue weighted by Crippen LogP contribution is 2.37. The molecule has 0 saturated carbocycles. The number of halogens is 5. The Labute approximate surface area is 110 Å². The van der Waals surface area contributed by atoms with Crippen LogP contribution < -0.4 is 0 Å². The summed E-state index contributed by atoms with van der Waals surface area (Å²) in [6.07, 6.45) is -8.38. The molecule has 0 atom stereocenters. The van der Waals surface area contributed by atoms with Crippen LogP contribution in [0.15, 0.2) is 12.1 Å². The maximum Gasteiger partial charge on any atom is 0.417 e. The number of esters is 1. The molecule has 0 aliphatic rings. The third-order valence-electron chi connectivity index (χ3n) is 2.38. The smallest absolute Gasteiger partial charge is 0.417 e. The molecule has 108 valence electrons. The zero-order valence-corrected chi connectivity index (χ0v) is 10.1. The molecule has 0 fully saturated rings. The van der Waals surface area contributed by atoms with Crippen LogP contribution in [0.2, 0.25) is 0 Å². The molecule has 1 aromatic rings. The topological polar surface area (TPSA) is 50.1 Å². The van der Waals surface area contributed by atoms with E-state index in [1.165, 1.54) is 6.92 Å². The summed E-state index contributed by atoms with van der Waals surface area (Å²) in [4.78, 5) is 11.5. The molecule has 0 radical (unpaired) electrons. The van der Waals surface area contributed by atoms with Crippen LogP contribution in [-0.2, 0) is 10.9 Å². The van der Waals surface area contributed by atoms with Gasteiger partial charge in [-0.25, -0.2) is 13.6 Å². The van der Waals surface area contributed by atoms with Gasteiger partial charge in [0.25, 0.3) is 6.43 Å². The Morgan fingerprint density at radius 1 is 1.40 bits per heavy atom. The highest BCUT2D eigenvalue weighted by molar-refractivity contribution is 5.92. The van der Waals surface area contributed by atoms with Crippen molar-refractivity contribution in [3.05, 3.63) is 34.4 Å². The van der Waals surface area contributed by atoms with E-state index in [9.17, 15) is 26.7 Å². The standard InChI is InChI=1S/C12H8F5NO2/c1-2-20-11(19)6-3-4-8(12(15,16)17)7(5-18)9(6)10(13)14/h3-4,10H,2H2,1H3. The largest absolute Gasteiger partial charge is 0.462 e. The van der Waals surface area contributed by atoms with Crippen molar-refractivity contribution in [2.45, 2.75) is 19.5 Å². The number of benzene rings is 1.